The van der Waals surface area contributed by atoms with E-state index in [0.29, 0.717) is 17.3 Å². The molecule has 0 saturated heterocycles. The molecule has 1 aromatic carbocycles. The second kappa shape index (κ2) is 6.65. The minimum atomic E-state index is -0.367. The lowest BCUT2D eigenvalue weighted by molar-refractivity contribution is 0.290. The summed E-state index contributed by atoms with van der Waals surface area (Å²) in [5.41, 5.74) is 2.67. The summed E-state index contributed by atoms with van der Waals surface area (Å²) in [6.07, 6.45) is 0.829. The average Bonchev–Trinajstić information content (AvgIpc) is 2.94. The third-order valence-corrected chi connectivity index (χ3v) is 3.88. The van der Waals surface area contributed by atoms with Gasteiger partial charge in [-0.05, 0) is 30.0 Å². The molecule has 6 nitrogen and oxygen atoms in total. The second-order valence-corrected chi connectivity index (χ2v) is 6.29. The summed E-state index contributed by atoms with van der Waals surface area (Å²) in [7, 11) is 0. The third-order valence-electron chi connectivity index (χ3n) is 3.62. The first-order valence-corrected chi connectivity index (χ1v) is 8.30. The highest BCUT2D eigenvalue weighted by molar-refractivity contribution is 6.30. The molecule has 24 heavy (non-hydrogen) atoms. The van der Waals surface area contributed by atoms with E-state index in [0.717, 1.165) is 23.2 Å². The Bertz CT molecular complexity index is 913. The first-order chi connectivity index (χ1) is 11.5. The molecule has 0 bridgehead atoms. The molecular formula is C17H19ClN4O2. The highest BCUT2D eigenvalue weighted by Gasteiger charge is 2.20. The number of H-pyrrole nitrogens is 1. The fourth-order valence-corrected chi connectivity index (χ4v) is 2.63. The summed E-state index contributed by atoms with van der Waals surface area (Å²) in [4.78, 5) is 19.4. The summed E-state index contributed by atoms with van der Waals surface area (Å²) >= 11 is 5.99. The van der Waals surface area contributed by atoms with E-state index >= 15 is 0 Å². The van der Waals surface area contributed by atoms with E-state index in [2.05, 4.69) is 15.1 Å². The molecule has 0 spiro atoms. The Balaban J connectivity index is 2.27. The molecule has 2 heterocycles. The number of aromatic amines is 1. The van der Waals surface area contributed by atoms with Gasteiger partial charge in [-0.3, -0.25) is 4.98 Å². The zero-order valence-corrected chi connectivity index (χ0v) is 14.6. The molecule has 0 unspecified atom stereocenters. The van der Waals surface area contributed by atoms with Crippen molar-refractivity contribution in [2.45, 2.75) is 33.1 Å². The summed E-state index contributed by atoms with van der Waals surface area (Å²) in [6, 6.07) is 7.64. The average molecular weight is 347 g/mol. The molecule has 0 fully saturated rings. The van der Waals surface area contributed by atoms with Crippen LogP contribution in [0.4, 0.5) is 0 Å². The SMILES string of the molecule is CCCOc1nc2c(-c3ccc(Cl)cc3)c(C(C)C)nn2c(=O)[nH]1. The number of rotatable bonds is 5. The van der Waals surface area contributed by atoms with E-state index in [9.17, 15) is 4.79 Å². The van der Waals surface area contributed by atoms with E-state index in [1.807, 2.05) is 45.0 Å². The van der Waals surface area contributed by atoms with Crippen molar-refractivity contribution in [3.05, 3.63) is 45.5 Å². The fraction of sp³-hybridized carbons (Fsp3) is 0.353. The first kappa shape index (κ1) is 16.5. The molecular weight excluding hydrogens is 328 g/mol. The Morgan fingerprint density at radius 3 is 2.62 bits per heavy atom. The van der Waals surface area contributed by atoms with Gasteiger partial charge < -0.3 is 4.74 Å². The molecule has 3 aromatic rings. The predicted octanol–water partition coefficient (Wildman–Crippen LogP) is 3.65. The molecule has 0 saturated carbocycles. The lowest BCUT2D eigenvalue weighted by Gasteiger charge is -2.06. The van der Waals surface area contributed by atoms with Gasteiger partial charge in [0.25, 0.3) is 6.01 Å². The van der Waals surface area contributed by atoms with Crippen LogP contribution in [-0.4, -0.2) is 26.2 Å². The quantitative estimate of drug-likeness (QED) is 0.765. The van der Waals surface area contributed by atoms with Crippen LogP contribution in [0.5, 0.6) is 6.01 Å². The maximum atomic E-state index is 12.3. The van der Waals surface area contributed by atoms with Crippen molar-refractivity contribution in [2.24, 2.45) is 0 Å². The Labute approximate surface area is 144 Å². The van der Waals surface area contributed by atoms with E-state index in [1.165, 1.54) is 4.52 Å². The van der Waals surface area contributed by atoms with Crippen molar-refractivity contribution in [1.82, 2.24) is 19.6 Å². The number of hydrogen-bond donors (Lipinski definition) is 1. The van der Waals surface area contributed by atoms with Crippen LogP contribution in [0.25, 0.3) is 16.8 Å². The van der Waals surface area contributed by atoms with Crippen molar-refractivity contribution in [2.75, 3.05) is 6.61 Å². The molecule has 7 heteroatoms. The number of fused-ring (bicyclic) bond motifs is 1. The second-order valence-electron chi connectivity index (χ2n) is 5.85. The molecule has 126 valence electrons. The van der Waals surface area contributed by atoms with E-state index < -0.39 is 0 Å². The Kier molecular flexibility index (Phi) is 4.57. The van der Waals surface area contributed by atoms with Crippen LogP contribution >= 0.6 is 11.6 Å². The van der Waals surface area contributed by atoms with Crippen LogP contribution in [-0.2, 0) is 0 Å². The van der Waals surface area contributed by atoms with Gasteiger partial charge in [0.1, 0.15) is 0 Å². The molecule has 2 aromatic heterocycles. The number of hydrogen-bond acceptors (Lipinski definition) is 4. The minimum Gasteiger partial charge on any atom is -0.465 e. The summed E-state index contributed by atoms with van der Waals surface area (Å²) < 4.78 is 6.78. The highest BCUT2D eigenvalue weighted by atomic mass is 35.5. The van der Waals surface area contributed by atoms with Crippen LogP contribution < -0.4 is 10.4 Å². The first-order valence-electron chi connectivity index (χ1n) is 7.93. The van der Waals surface area contributed by atoms with Gasteiger partial charge in [-0.2, -0.15) is 14.6 Å². The fourth-order valence-electron chi connectivity index (χ4n) is 2.50. The number of aromatic nitrogens is 4. The van der Waals surface area contributed by atoms with Gasteiger partial charge in [0, 0.05) is 5.02 Å². The Morgan fingerprint density at radius 1 is 1.29 bits per heavy atom. The lowest BCUT2D eigenvalue weighted by Crippen LogP contribution is -2.20. The summed E-state index contributed by atoms with van der Waals surface area (Å²) in [5, 5.41) is 5.11. The molecule has 0 radical (unpaired) electrons. The number of nitrogens with zero attached hydrogens (tertiary/aromatic N) is 3. The van der Waals surface area contributed by atoms with Crippen molar-refractivity contribution in [3.8, 4) is 17.1 Å². The number of ether oxygens (including phenoxy) is 1. The Morgan fingerprint density at radius 2 is 2.00 bits per heavy atom. The molecule has 0 amide bonds. The van der Waals surface area contributed by atoms with Crippen LogP contribution in [0.1, 0.15) is 38.8 Å². The lowest BCUT2D eigenvalue weighted by atomic mass is 10.00. The van der Waals surface area contributed by atoms with Crippen LogP contribution in [0.15, 0.2) is 29.1 Å². The van der Waals surface area contributed by atoms with Gasteiger partial charge in [0.15, 0.2) is 5.65 Å². The van der Waals surface area contributed by atoms with Crippen molar-refractivity contribution in [1.29, 1.82) is 0 Å². The van der Waals surface area contributed by atoms with Gasteiger partial charge in [0.2, 0.25) is 0 Å². The maximum absolute atomic E-state index is 12.3. The molecule has 3 rings (SSSR count). The molecule has 0 aliphatic rings. The number of benzene rings is 1. The number of nitrogens with one attached hydrogen (secondary N) is 1. The van der Waals surface area contributed by atoms with Crippen molar-refractivity contribution < 1.29 is 4.74 Å². The van der Waals surface area contributed by atoms with Gasteiger partial charge in [-0.1, -0.05) is 44.5 Å². The van der Waals surface area contributed by atoms with E-state index in [1.54, 1.807) is 0 Å². The molecule has 1 N–H and O–H groups in total. The van der Waals surface area contributed by atoms with Crippen LogP contribution in [0.3, 0.4) is 0 Å². The largest absolute Gasteiger partial charge is 0.465 e. The van der Waals surface area contributed by atoms with Crippen molar-refractivity contribution >= 4 is 17.2 Å². The third kappa shape index (κ3) is 3.01. The van der Waals surface area contributed by atoms with Crippen LogP contribution in [0.2, 0.25) is 5.02 Å². The summed E-state index contributed by atoms with van der Waals surface area (Å²) in [5.74, 6) is 0.136. The molecule has 0 atom stereocenters. The zero-order chi connectivity index (χ0) is 17.3. The smallest absolute Gasteiger partial charge is 0.352 e. The molecule has 0 aliphatic heterocycles. The normalized spacial score (nSPS) is 11.4. The predicted molar refractivity (Wildman–Crippen MR) is 93.9 cm³/mol. The van der Waals surface area contributed by atoms with E-state index in [-0.39, 0.29) is 17.6 Å². The topological polar surface area (TPSA) is 72.3 Å². The monoisotopic (exact) mass is 346 g/mol. The van der Waals surface area contributed by atoms with Gasteiger partial charge >= 0.3 is 5.69 Å². The van der Waals surface area contributed by atoms with Gasteiger partial charge in [0.05, 0.1) is 17.9 Å². The summed E-state index contributed by atoms with van der Waals surface area (Å²) in [6.45, 7) is 6.54. The molecule has 0 aliphatic carbocycles. The maximum Gasteiger partial charge on any atom is 0.352 e. The zero-order valence-electron chi connectivity index (χ0n) is 13.8. The number of halogens is 1. The van der Waals surface area contributed by atoms with E-state index in [4.69, 9.17) is 16.3 Å². The Hall–Kier alpha value is -2.34. The van der Waals surface area contributed by atoms with Gasteiger partial charge in [-0.15, -0.1) is 0 Å². The standard InChI is InChI=1S/C17H19ClN4O2/c1-4-9-24-16-19-15-13(11-5-7-12(18)8-6-11)14(10(2)3)21-22(15)17(23)20-16/h5-8,10H,4,9H2,1-3H3,(H,19,20,23). The van der Waals surface area contributed by atoms with Crippen LogP contribution in [0, 0.1) is 0 Å². The highest BCUT2D eigenvalue weighted by Crippen LogP contribution is 2.32. The minimum absolute atomic E-state index is 0.136. The van der Waals surface area contributed by atoms with Gasteiger partial charge in [-0.25, -0.2) is 4.79 Å². The van der Waals surface area contributed by atoms with Crippen molar-refractivity contribution in [3.63, 3.8) is 0 Å².